The lowest BCUT2D eigenvalue weighted by Crippen LogP contribution is -2.36. The summed E-state index contributed by atoms with van der Waals surface area (Å²) >= 11 is 0. The average molecular weight is 209 g/mol. The van der Waals surface area contributed by atoms with Crippen LogP contribution in [0, 0.1) is 6.92 Å². The van der Waals surface area contributed by atoms with Gasteiger partial charge in [-0.3, -0.25) is 0 Å². The van der Waals surface area contributed by atoms with Gasteiger partial charge >= 0.3 is 0 Å². The number of likely N-dealkylation sites (tertiary alicyclic amines) is 1. The maximum absolute atomic E-state index is 5.54. The first-order chi connectivity index (χ1) is 7.29. The Morgan fingerprint density at radius 3 is 2.80 bits per heavy atom. The van der Waals surface area contributed by atoms with E-state index < -0.39 is 0 Å². The molecule has 0 unspecified atom stereocenters. The van der Waals surface area contributed by atoms with Gasteiger partial charge in [-0.25, -0.2) is 4.98 Å². The van der Waals surface area contributed by atoms with Crippen molar-refractivity contribution in [2.45, 2.75) is 25.7 Å². The predicted octanol–water partition coefficient (Wildman–Crippen LogP) is 1.12. The van der Waals surface area contributed by atoms with Crippen LogP contribution in [0.5, 0.6) is 0 Å². The van der Waals surface area contributed by atoms with E-state index in [1.54, 1.807) is 6.26 Å². The third kappa shape index (κ3) is 2.58. The number of rotatable bonds is 3. The normalized spacial score (nSPS) is 19.6. The number of aromatic nitrogens is 1. The summed E-state index contributed by atoms with van der Waals surface area (Å²) in [6.45, 7) is 5.96. The summed E-state index contributed by atoms with van der Waals surface area (Å²) in [7, 11) is 0. The first kappa shape index (κ1) is 10.6. The smallest absolute Gasteiger partial charge is 0.197 e. The number of oxazole rings is 1. The van der Waals surface area contributed by atoms with Gasteiger partial charge in [0.15, 0.2) is 5.89 Å². The summed E-state index contributed by atoms with van der Waals surface area (Å²) in [6, 6.07) is 0. The van der Waals surface area contributed by atoms with Gasteiger partial charge in [0.25, 0.3) is 0 Å². The van der Waals surface area contributed by atoms with E-state index in [-0.39, 0.29) is 0 Å². The summed E-state index contributed by atoms with van der Waals surface area (Å²) in [5, 5.41) is 0. The minimum absolute atomic E-state index is 0.507. The highest BCUT2D eigenvalue weighted by Crippen LogP contribution is 2.26. The monoisotopic (exact) mass is 209 g/mol. The van der Waals surface area contributed by atoms with Crippen LogP contribution in [-0.2, 0) is 0 Å². The van der Waals surface area contributed by atoms with E-state index in [2.05, 4.69) is 9.88 Å². The highest BCUT2D eigenvalue weighted by Gasteiger charge is 2.23. The largest absolute Gasteiger partial charge is 0.448 e. The fraction of sp³-hybridized carbons (Fsp3) is 0.727. The van der Waals surface area contributed by atoms with Crippen LogP contribution in [0.4, 0.5) is 0 Å². The van der Waals surface area contributed by atoms with Gasteiger partial charge in [0.1, 0.15) is 6.26 Å². The lowest BCUT2D eigenvalue weighted by molar-refractivity contribution is 0.204. The minimum Gasteiger partial charge on any atom is -0.448 e. The molecule has 2 N–H and O–H groups in total. The molecule has 1 aliphatic heterocycles. The molecule has 0 amide bonds. The third-order valence-electron chi connectivity index (χ3n) is 3.02. The number of nitrogens with zero attached hydrogens (tertiary/aromatic N) is 2. The quantitative estimate of drug-likeness (QED) is 0.810. The third-order valence-corrected chi connectivity index (χ3v) is 3.02. The Bertz CT molecular complexity index is 303. The second-order valence-corrected chi connectivity index (χ2v) is 4.23. The van der Waals surface area contributed by atoms with Gasteiger partial charge in [-0.05, 0) is 32.9 Å². The van der Waals surface area contributed by atoms with Gasteiger partial charge in [-0.2, -0.15) is 0 Å². The molecule has 15 heavy (non-hydrogen) atoms. The Hall–Kier alpha value is -0.870. The van der Waals surface area contributed by atoms with Crippen LogP contribution in [0.2, 0.25) is 0 Å². The van der Waals surface area contributed by atoms with Crippen molar-refractivity contribution in [2.24, 2.45) is 5.73 Å². The molecule has 84 valence electrons. The van der Waals surface area contributed by atoms with Gasteiger partial charge in [0.2, 0.25) is 0 Å². The molecule has 0 bridgehead atoms. The second kappa shape index (κ2) is 4.77. The molecule has 1 aromatic heterocycles. The molecule has 2 rings (SSSR count). The highest BCUT2D eigenvalue weighted by atomic mass is 16.3. The number of hydrogen-bond donors (Lipinski definition) is 1. The summed E-state index contributed by atoms with van der Waals surface area (Å²) in [4.78, 5) is 6.80. The minimum atomic E-state index is 0.507. The highest BCUT2D eigenvalue weighted by molar-refractivity contribution is 5.00. The zero-order valence-corrected chi connectivity index (χ0v) is 9.28. The predicted molar refractivity (Wildman–Crippen MR) is 58.7 cm³/mol. The van der Waals surface area contributed by atoms with E-state index in [0.29, 0.717) is 5.92 Å². The standard InChI is InChI=1S/C11H19N3O/c1-9-8-15-11(13-9)10-2-5-14(6-3-10)7-4-12/h8,10H,2-7,12H2,1H3. The summed E-state index contributed by atoms with van der Waals surface area (Å²) in [5.41, 5.74) is 6.52. The molecule has 0 aromatic carbocycles. The van der Waals surface area contributed by atoms with Crippen molar-refractivity contribution < 1.29 is 4.42 Å². The molecule has 4 nitrogen and oxygen atoms in total. The molecule has 0 saturated carbocycles. The van der Waals surface area contributed by atoms with Gasteiger partial charge in [-0.15, -0.1) is 0 Å². The van der Waals surface area contributed by atoms with Crippen molar-refractivity contribution in [2.75, 3.05) is 26.2 Å². The van der Waals surface area contributed by atoms with Crippen LogP contribution >= 0.6 is 0 Å². The van der Waals surface area contributed by atoms with E-state index in [9.17, 15) is 0 Å². The van der Waals surface area contributed by atoms with Crippen molar-refractivity contribution >= 4 is 0 Å². The molecule has 1 aliphatic rings. The van der Waals surface area contributed by atoms with Gasteiger partial charge in [-0.1, -0.05) is 0 Å². The Labute approximate surface area is 90.5 Å². The van der Waals surface area contributed by atoms with E-state index in [1.165, 1.54) is 0 Å². The molecule has 0 radical (unpaired) electrons. The Morgan fingerprint density at radius 1 is 1.53 bits per heavy atom. The van der Waals surface area contributed by atoms with Crippen LogP contribution in [0.15, 0.2) is 10.7 Å². The maximum Gasteiger partial charge on any atom is 0.197 e. The Kier molecular flexibility index (Phi) is 3.38. The Balaban J connectivity index is 1.88. The number of piperidine rings is 1. The summed E-state index contributed by atoms with van der Waals surface area (Å²) < 4.78 is 5.44. The van der Waals surface area contributed by atoms with Crippen LogP contribution in [0.1, 0.15) is 30.3 Å². The van der Waals surface area contributed by atoms with Crippen LogP contribution in [-0.4, -0.2) is 36.1 Å². The fourth-order valence-electron chi connectivity index (χ4n) is 2.15. The van der Waals surface area contributed by atoms with Crippen molar-refractivity contribution in [1.82, 2.24) is 9.88 Å². The summed E-state index contributed by atoms with van der Waals surface area (Å²) in [6.07, 6.45) is 4.02. The van der Waals surface area contributed by atoms with E-state index >= 15 is 0 Å². The SMILES string of the molecule is Cc1coc(C2CCN(CCN)CC2)n1. The molecule has 4 heteroatoms. The van der Waals surface area contributed by atoms with Crippen molar-refractivity contribution in [3.05, 3.63) is 17.8 Å². The molecule has 1 saturated heterocycles. The lowest BCUT2D eigenvalue weighted by atomic mass is 9.97. The van der Waals surface area contributed by atoms with Gasteiger partial charge in [0, 0.05) is 19.0 Å². The molecular formula is C11H19N3O. The molecule has 1 aromatic rings. The molecule has 0 spiro atoms. The van der Waals surface area contributed by atoms with E-state index in [0.717, 1.165) is 50.6 Å². The fourth-order valence-corrected chi connectivity index (χ4v) is 2.15. The van der Waals surface area contributed by atoms with Crippen LogP contribution in [0.3, 0.4) is 0 Å². The maximum atomic E-state index is 5.54. The molecule has 1 fully saturated rings. The van der Waals surface area contributed by atoms with E-state index in [4.69, 9.17) is 10.2 Å². The molecular weight excluding hydrogens is 190 g/mol. The average Bonchev–Trinajstić information content (AvgIpc) is 2.67. The second-order valence-electron chi connectivity index (χ2n) is 4.23. The number of hydrogen-bond acceptors (Lipinski definition) is 4. The van der Waals surface area contributed by atoms with Gasteiger partial charge in [0.05, 0.1) is 5.69 Å². The van der Waals surface area contributed by atoms with Crippen LogP contribution < -0.4 is 5.73 Å². The molecule has 0 atom stereocenters. The van der Waals surface area contributed by atoms with Crippen LogP contribution in [0.25, 0.3) is 0 Å². The van der Waals surface area contributed by atoms with Gasteiger partial charge < -0.3 is 15.1 Å². The zero-order chi connectivity index (χ0) is 10.7. The number of aryl methyl sites for hydroxylation is 1. The first-order valence-electron chi connectivity index (χ1n) is 5.64. The van der Waals surface area contributed by atoms with Crippen molar-refractivity contribution in [3.8, 4) is 0 Å². The Morgan fingerprint density at radius 2 is 2.27 bits per heavy atom. The molecule has 0 aliphatic carbocycles. The van der Waals surface area contributed by atoms with E-state index in [1.807, 2.05) is 6.92 Å². The summed E-state index contributed by atoms with van der Waals surface area (Å²) in [5.74, 6) is 1.42. The number of nitrogens with two attached hydrogens (primary N) is 1. The van der Waals surface area contributed by atoms with Crippen molar-refractivity contribution in [1.29, 1.82) is 0 Å². The first-order valence-corrected chi connectivity index (χ1v) is 5.64. The topological polar surface area (TPSA) is 55.3 Å². The molecule has 2 heterocycles. The lowest BCUT2D eigenvalue weighted by Gasteiger charge is -2.29. The van der Waals surface area contributed by atoms with Crippen molar-refractivity contribution in [3.63, 3.8) is 0 Å². The zero-order valence-electron chi connectivity index (χ0n) is 9.28.